The number of carbonyl (C=O) groups excluding carboxylic acids is 2. The Labute approximate surface area is 181 Å². The third kappa shape index (κ3) is 4.38. The Hall–Kier alpha value is -3.80. The van der Waals surface area contributed by atoms with E-state index in [1.807, 2.05) is 30.3 Å². The molecular weight excluding hydrogens is 392 g/mol. The Morgan fingerprint density at radius 3 is 2.23 bits per heavy atom. The zero-order chi connectivity index (χ0) is 21.8. The molecule has 1 atom stereocenters. The first-order valence-corrected chi connectivity index (χ1v) is 10.1. The van der Waals surface area contributed by atoms with Crippen LogP contribution in [0.5, 0.6) is 0 Å². The number of nitrogens with two attached hydrogens (primary N) is 1. The molecule has 0 aliphatic heterocycles. The quantitative estimate of drug-likeness (QED) is 0.470. The van der Waals surface area contributed by atoms with Crippen molar-refractivity contribution in [3.63, 3.8) is 0 Å². The number of methoxy groups -OCH3 is 1. The van der Waals surface area contributed by atoms with Gasteiger partial charge in [0, 0.05) is 18.0 Å². The lowest BCUT2D eigenvalue weighted by molar-refractivity contribution is -0.143. The first kappa shape index (κ1) is 20.5. The minimum atomic E-state index is -0.873. The van der Waals surface area contributed by atoms with E-state index in [0.717, 1.165) is 27.8 Å². The molecule has 6 heteroatoms. The zero-order valence-corrected chi connectivity index (χ0v) is 17.2. The summed E-state index contributed by atoms with van der Waals surface area (Å²) in [6.07, 6.45) is -0.414. The summed E-state index contributed by atoms with van der Waals surface area (Å²) >= 11 is 0. The van der Waals surface area contributed by atoms with Gasteiger partial charge in [0.25, 0.3) is 0 Å². The molecule has 1 aliphatic rings. The summed E-state index contributed by atoms with van der Waals surface area (Å²) < 4.78 is 10.4. The van der Waals surface area contributed by atoms with Crippen LogP contribution in [0.2, 0.25) is 0 Å². The molecule has 3 aromatic rings. The molecule has 158 valence electrons. The second-order valence-electron chi connectivity index (χ2n) is 7.49. The van der Waals surface area contributed by atoms with Crippen molar-refractivity contribution in [2.24, 2.45) is 0 Å². The van der Waals surface area contributed by atoms with Crippen LogP contribution in [0.4, 0.5) is 10.5 Å². The number of carbonyl (C=O) groups is 2. The fourth-order valence-corrected chi connectivity index (χ4v) is 4.07. The maximum Gasteiger partial charge on any atom is 0.407 e. The lowest BCUT2D eigenvalue weighted by Gasteiger charge is -2.18. The van der Waals surface area contributed by atoms with Crippen LogP contribution in [0.25, 0.3) is 11.1 Å². The molecule has 0 saturated heterocycles. The lowest BCUT2D eigenvalue weighted by Crippen LogP contribution is -2.43. The van der Waals surface area contributed by atoms with Crippen LogP contribution < -0.4 is 11.1 Å². The van der Waals surface area contributed by atoms with Crippen LogP contribution in [0.3, 0.4) is 0 Å². The average Bonchev–Trinajstić information content (AvgIpc) is 3.10. The number of rotatable bonds is 6. The smallest absolute Gasteiger partial charge is 0.407 e. The normalized spacial score (nSPS) is 13.1. The number of nitrogens with one attached hydrogen (secondary N) is 1. The van der Waals surface area contributed by atoms with Gasteiger partial charge in [0.05, 0.1) is 7.11 Å². The summed E-state index contributed by atoms with van der Waals surface area (Å²) in [4.78, 5) is 24.7. The Kier molecular flexibility index (Phi) is 5.89. The number of nitrogen functional groups attached to an aromatic ring is 1. The van der Waals surface area contributed by atoms with Gasteiger partial charge in [-0.3, -0.25) is 0 Å². The van der Waals surface area contributed by atoms with Gasteiger partial charge in [0.1, 0.15) is 12.6 Å². The van der Waals surface area contributed by atoms with Crippen LogP contribution in [-0.4, -0.2) is 31.8 Å². The van der Waals surface area contributed by atoms with Crippen molar-refractivity contribution < 1.29 is 19.1 Å². The van der Waals surface area contributed by atoms with Gasteiger partial charge in [-0.05, 0) is 39.9 Å². The molecule has 3 aromatic carbocycles. The van der Waals surface area contributed by atoms with Crippen molar-refractivity contribution in [3.05, 3.63) is 89.5 Å². The number of benzene rings is 3. The highest BCUT2D eigenvalue weighted by Gasteiger charge is 2.30. The van der Waals surface area contributed by atoms with Crippen molar-refractivity contribution in [2.75, 3.05) is 19.5 Å². The van der Waals surface area contributed by atoms with Crippen LogP contribution in [0, 0.1) is 0 Å². The topological polar surface area (TPSA) is 90.6 Å². The summed E-state index contributed by atoms with van der Waals surface area (Å²) in [5.74, 6) is -0.598. The molecule has 3 N–H and O–H groups in total. The van der Waals surface area contributed by atoms with Gasteiger partial charge >= 0.3 is 12.1 Å². The number of hydrogen-bond donors (Lipinski definition) is 2. The van der Waals surface area contributed by atoms with Crippen molar-refractivity contribution in [1.82, 2.24) is 5.32 Å². The van der Waals surface area contributed by atoms with E-state index in [0.29, 0.717) is 5.69 Å². The molecule has 4 rings (SSSR count). The largest absolute Gasteiger partial charge is 0.467 e. The second-order valence-corrected chi connectivity index (χ2v) is 7.49. The maximum atomic E-state index is 12.5. The van der Waals surface area contributed by atoms with E-state index < -0.39 is 18.1 Å². The molecule has 31 heavy (non-hydrogen) atoms. The summed E-state index contributed by atoms with van der Waals surface area (Å²) in [5, 5.41) is 2.63. The van der Waals surface area contributed by atoms with E-state index in [9.17, 15) is 9.59 Å². The first-order chi connectivity index (χ1) is 15.1. The van der Waals surface area contributed by atoms with Crippen molar-refractivity contribution in [3.8, 4) is 11.1 Å². The molecular formula is C25H24N2O4. The van der Waals surface area contributed by atoms with Gasteiger partial charge in [-0.2, -0.15) is 0 Å². The molecule has 0 unspecified atom stereocenters. The number of alkyl carbamates (subject to hydrolysis) is 1. The van der Waals surface area contributed by atoms with Crippen LogP contribution >= 0.6 is 0 Å². The molecule has 0 saturated carbocycles. The standard InChI is InChI=1S/C25H24N2O4/c1-30-24(28)23(14-16-7-6-8-17(26)13-16)27-25(29)31-15-22-20-11-4-2-9-18(20)19-10-3-5-12-21(19)22/h2-13,22-23H,14-15,26H2,1H3,(H,27,29)/t23-/m0/s1. The number of fused-ring (bicyclic) bond motifs is 3. The van der Waals surface area contributed by atoms with Gasteiger partial charge in [-0.25, -0.2) is 9.59 Å². The Morgan fingerprint density at radius 2 is 1.61 bits per heavy atom. The van der Waals surface area contributed by atoms with E-state index >= 15 is 0 Å². The zero-order valence-electron chi connectivity index (χ0n) is 17.2. The van der Waals surface area contributed by atoms with E-state index in [1.165, 1.54) is 7.11 Å². The third-order valence-electron chi connectivity index (χ3n) is 5.51. The number of ether oxygens (including phenoxy) is 2. The summed E-state index contributed by atoms with van der Waals surface area (Å²) in [6.45, 7) is 0.173. The Bertz CT molecular complexity index is 1070. The van der Waals surface area contributed by atoms with E-state index in [1.54, 1.807) is 18.2 Å². The van der Waals surface area contributed by atoms with Crippen LogP contribution in [0.1, 0.15) is 22.6 Å². The minimum absolute atomic E-state index is 0.0522. The Morgan fingerprint density at radius 1 is 0.968 bits per heavy atom. The molecule has 0 aromatic heterocycles. The van der Waals surface area contributed by atoms with E-state index in [2.05, 4.69) is 29.6 Å². The number of hydrogen-bond acceptors (Lipinski definition) is 5. The molecule has 0 spiro atoms. The van der Waals surface area contributed by atoms with Gasteiger partial charge in [0.2, 0.25) is 0 Å². The van der Waals surface area contributed by atoms with Crippen molar-refractivity contribution in [2.45, 2.75) is 18.4 Å². The van der Waals surface area contributed by atoms with Crippen LogP contribution in [0.15, 0.2) is 72.8 Å². The highest BCUT2D eigenvalue weighted by Crippen LogP contribution is 2.44. The van der Waals surface area contributed by atoms with Crippen molar-refractivity contribution in [1.29, 1.82) is 0 Å². The van der Waals surface area contributed by atoms with Gasteiger partial charge < -0.3 is 20.5 Å². The predicted octanol–water partition coefficient (Wildman–Crippen LogP) is 3.89. The highest BCUT2D eigenvalue weighted by molar-refractivity contribution is 5.82. The summed E-state index contributed by atoms with van der Waals surface area (Å²) in [7, 11) is 1.29. The minimum Gasteiger partial charge on any atom is -0.467 e. The molecule has 0 radical (unpaired) electrons. The average molecular weight is 416 g/mol. The van der Waals surface area contributed by atoms with Crippen LogP contribution in [-0.2, 0) is 20.7 Å². The van der Waals surface area contributed by atoms with Crippen molar-refractivity contribution >= 4 is 17.7 Å². The molecule has 1 aliphatic carbocycles. The number of esters is 1. The molecule has 0 heterocycles. The predicted molar refractivity (Wildman–Crippen MR) is 119 cm³/mol. The molecule has 0 fully saturated rings. The van der Waals surface area contributed by atoms with Gasteiger partial charge in [0.15, 0.2) is 0 Å². The number of anilines is 1. The van der Waals surface area contributed by atoms with E-state index in [-0.39, 0.29) is 18.9 Å². The van der Waals surface area contributed by atoms with Gasteiger partial charge in [-0.15, -0.1) is 0 Å². The fourth-order valence-electron chi connectivity index (χ4n) is 4.07. The molecule has 1 amide bonds. The SMILES string of the molecule is COC(=O)[C@H](Cc1cccc(N)c1)NC(=O)OCC1c2ccccc2-c2ccccc21. The first-order valence-electron chi connectivity index (χ1n) is 10.1. The maximum absolute atomic E-state index is 12.5. The summed E-state index contributed by atoms with van der Waals surface area (Å²) in [6, 6.07) is 22.5. The third-order valence-corrected chi connectivity index (χ3v) is 5.51. The van der Waals surface area contributed by atoms with E-state index in [4.69, 9.17) is 15.2 Å². The number of amides is 1. The fraction of sp³-hybridized carbons (Fsp3) is 0.200. The summed E-state index contributed by atoms with van der Waals surface area (Å²) in [5.41, 5.74) is 11.8. The highest BCUT2D eigenvalue weighted by atomic mass is 16.6. The second kappa shape index (κ2) is 8.92. The molecule has 0 bridgehead atoms. The van der Waals surface area contributed by atoms with Gasteiger partial charge in [-0.1, -0.05) is 60.7 Å². The lowest BCUT2D eigenvalue weighted by atomic mass is 9.98. The Balaban J connectivity index is 1.45. The molecule has 6 nitrogen and oxygen atoms in total. The monoisotopic (exact) mass is 416 g/mol.